The zero-order valence-corrected chi connectivity index (χ0v) is 12.6. The quantitative estimate of drug-likeness (QED) is 0.848. The average molecular weight is 297 g/mol. The number of thioether (sulfide) groups is 1. The summed E-state index contributed by atoms with van der Waals surface area (Å²) in [6.45, 7) is 2.21. The number of ether oxygens (including phenoxy) is 1. The van der Waals surface area contributed by atoms with Crippen molar-refractivity contribution in [3.05, 3.63) is 30.1 Å². The molecule has 1 fully saturated rings. The third-order valence-corrected chi connectivity index (χ3v) is 4.97. The summed E-state index contributed by atoms with van der Waals surface area (Å²) in [6.07, 6.45) is 2.39. The molecule has 1 aliphatic rings. The Kier molecular flexibility index (Phi) is 5.05. The lowest BCUT2D eigenvalue weighted by atomic mass is 9.98. The monoisotopic (exact) mass is 297 g/mol. The molecular weight excluding hydrogens is 277 g/mol. The van der Waals surface area contributed by atoms with Crippen molar-refractivity contribution in [1.82, 2.24) is 5.32 Å². The van der Waals surface area contributed by atoms with Crippen LogP contribution >= 0.6 is 11.8 Å². The van der Waals surface area contributed by atoms with Crippen molar-refractivity contribution >= 4 is 17.7 Å². The van der Waals surface area contributed by atoms with Gasteiger partial charge >= 0.3 is 5.97 Å². The Balaban J connectivity index is 2.02. The van der Waals surface area contributed by atoms with Gasteiger partial charge in [-0.15, -0.1) is 11.8 Å². The molecule has 20 heavy (non-hydrogen) atoms. The second-order valence-corrected chi connectivity index (χ2v) is 6.37. The number of nitrogens with one attached hydrogen (secondary N) is 1. The highest BCUT2D eigenvalue weighted by Crippen LogP contribution is 2.40. The summed E-state index contributed by atoms with van der Waals surface area (Å²) in [5, 5.41) is 3.43. The minimum absolute atomic E-state index is 0.176. The molecule has 2 atom stereocenters. The van der Waals surface area contributed by atoms with Crippen molar-refractivity contribution in [2.45, 2.75) is 41.9 Å². The summed E-state index contributed by atoms with van der Waals surface area (Å²) in [5.41, 5.74) is -0.582. The molecule has 2 rings (SSSR count). The Morgan fingerprint density at radius 2 is 2.40 bits per heavy atom. The number of likely N-dealkylation sites (N-methyl/N-ethyl adjacent to an activating group) is 1. The molecule has 0 aliphatic heterocycles. The number of halogens is 1. The highest BCUT2D eigenvalue weighted by atomic mass is 32.2. The smallest absolute Gasteiger partial charge is 0.326 e. The zero-order chi connectivity index (χ0) is 14.6. The molecule has 0 spiro atoms. The van der Waals surface area contributed by atoms with E-state index in [0.717, 1.165) is 17.7 Å². The number of carbonyl (C=O) groups is 1. The van der Waals surface area contributed by atoms with Gasteiger partial charge in [-0.05, 0) is 51.4 Å². The van der Waals surface area contributed by atoms with Crippen LogP contribution in [0.5, 0.6) is 0 Å². The molecule has 0 amide bonds. The highest BCUT2D eigenvalue weighted by molar-refractivity contribution is 8.00. The van der Waals surface area contributed by atoms with Crippen molar-refractivity contribution in [1.29, 1.82) is 0 Å². The Morgan fingerprint density at radius 1 is 1.60 bits per heavy atom. The Morgan fingerprint density at radius 3 is 3.05 bits per heavy atom. The van der Waals surface area contributed by atoms with Gasteiger partial charge in [0.05, 0.1) is 6.61 Å². The first-order valence-corrected chi connectivity index (χ1v) is 7.76. The molecule has 3 nitrogen and oxygen atoms in total. The van der Waals surface area contributed by atoms with Crippen molar-refractivity contribution in [3.8, 4) is 0 Å². The van der Waals surface area contributed by atoms with Crippen molar-refractivity contribution < 1.29 is 13.9 Å². The average Bonchev–Trinajstić information content (AvgIpc) is 2.84. The number of benzene rings is 1. The summed E-state index contributed by atoms with van der Waals surface area (Å²) < 4.78 is 18.4. The van der Waals surface area contributed by atoms with E-state index in [4.69, 9.17) is 4.74 Å². The first-order valence-electron chi connectivity index (χ1n) is 6.88. The zero-order valence-electron chi connectivity index (χ0n) is 11.8. The van der Waals surface area contributed by atoms with E-state index in [1.165, 1.54) is 12.1 Å². The molecule has 0 bridgehead atoms. The van der Waals surface area contributed by atoms with Gasteiger partial charge in [0.2, 0.25) is 0 Å². The normalized spacial score (nSPS) is 25.6. The first-order chi connectivity index (χ1) is 9.59. The largest absolute Gasteiger partial charge is 0.465 e. The molecule has 1 aromatic carbocycles. The maximum absolute atomic E-state index is 13.2. The maximum Gasteiger partial charge on any atom is 0.326 e. The summed E-state index contributed by atoms with van der Waals surface area (Å²) >= 11 is 1.63. The molecule has 2 unspecified atom stereocenters. The molecule has 0 radical (unpaired) electrons. The van der Waals surface area contributed by atoms with Crippen LogP contribution in [0.3, 0.4) is 0 Å². The van der Waals surface area contributed by atoms with Gasteiger partial charge in [0.15, 0.2) is 0 Å². The van der Waals surface area contributed by atoms with Gasteiger partial charge in [-0.2, -0.15) is 0 Å². The molecule has 5 heteroatoms. The van der Waals surface area contributed by atoms with E-state index in [9.17, 15) is 9.18 Å². The summed E-state index contributed by atoms with van der Waals surface area (Å²) in [4.78, 5) is 13.0. The lowest BCUT2D eigenvalue weighted by Gasteiger charge is -2.26. The van der Waals surface area contributed by atoms with Crippen LogP contribution in [0.4, 0.5) is 4.39 Å². The predicted molar refractivity (Wildman–Crippen MR) is 78.3 cm³/mol. The maximum atomic E-state index is 13.2. The fraction of sp³-hybridized carbons (Fsp3) is 0.533. The Bertz CT molecular complexity index is 483. The van der Waals surface area contributed by atoms with Gasteiger partial charge in [-0.1, -0.05) is 6.07 Å². The minimum Gasteiger partial charge on any atom is -0.465 e. The van der Waals surface area contributed by atoms with Crippen LogP contribution in [-0.2, 0) is 9.53 Å². The van der Waals surface area contributed by atoms with Gasteiger partial charge in [0.25, 0.3) is 0 Å². The molecule has 0 heterocycles. The lowest BCUT2D eigenvalue weighted by molar-refractivity contribution is -0.150. The molecule has 110 valence electrons. The number of esters is 1. The SMILES string of the molecule is CCOC(=O)C1(NC)CCC(Sc2cccc(F)c2)C1. The van der Waals surface area contributed by atoms with Crippen LogP contribution in [0.1, 0.15) is 26.2 Å². The number of carbonyl (C=O) groups excluding carboxylic acids is 1. The second-order valence-electron chi connectivity index (χ2n) is 4.99. The van der Waals surface area contributed by atoms with Crippen LogP contribution in [-0.4, -0.2) is 30.4 Å². The molecule has 0 aromatic heterocycles. The lowest BCUT2D eigenvalue weighted by Crippen LogP contribution is -2.49. The molecule has 1 aliphatic carbocycles. The second kappa shape index (κ2) is 6.59. The number of hydrogen-bond donors (Lipinski definition) is 1. The standard InChI is InChI=1S/C15H20FNO2S/c1-3-19-14(18)15(17-2)8-7-13(10-15)20-12-6-4-5-11(16)9-12/h4-6,9,13,17H,3,7-8,10H2,1-2H3. The van der Waals surface area contributed by atoms with E-state index in [1.807, 2.05) is 13.0 Å². The van der Waals surface area contributed by atoms with Crippen LogP contribution < -0.4 is 5.32 Å². The summed E-state index contributed by atoms with van der Waals surface area (Å²) in [7, 11) is 1.80. The van der Waals surface area contributed by atoms with Gasteiger partial charge in [0, 0.05) is 10.1 Å². The topological polar surface area (TPSA) is 38.3 Å². The third-order valence-electron chi connectivity index (χ3n) is 3.71. The fourth-order valence-corrected chi connectivity index (χ4v) is 3.94. The van der Waals surface area contributed by atoms with E-state index in [-0.39, 0.29) is 11.8 Å². The van der Waals surface area contributed by atoms with E-state index >= 15 is 0 Å². The molecular formula is C15H20FNO2S. The van der Waals surface area contributed by atoms with E-state index in [0.29, 0.717) is 18.3 Å². The minimum atomic E-state index is -0.582. The Labute approximate surface area is 123 Å². The highest BCUT2D eigenvalue weighted by Gasteiger charge is 2.45. The van der Waals surface area contributed by atoms with E-state index in [1.54, 1.807) is 24.9 Å². The van der Waals surface area contributed by atoms with Gasteiger partial charge in [0.1, 0.15) is 11.4 Å². The van der Waals surface area contributed by atoms with Crippen LogP contribution in [0.2, 0.25) is 0 Å². The summed E-state index contributed by atoms with van der Waals surface area (Å²) in [5.74, 6) is -0.400. The van der Waals surface area contributed by atoms with E-state index in [2.05, 4.69) is 5.32 Å². The van der Waals surface area contributed by atoms with Gasteiger partial charge in [-0.25, -0.2) is 4.39 Å². The first kappa shape index (κ1) is 15.3. The van der Waals surface area contributed by atoms with Crippen molar-refractivity contribution in [2.75, 3.05) is 13.7 Å². The molecule has 1 aromatic rings. The predicted octanol–water partition coefficient (Wildman–Crippen LogP) is 2.99. The molecule has 0 saturated heterocycles. The van der Waals surface area contributed by atoms with Gasteiger partial charge in [-0.3, -0.25) is 4.79 Å². The molecule has 1 N–H and O–H groups in total. The summed E-state index contributed by atoms with van der Waals surface area (Å²) in [6, 6.07) is 6.59. The third kappa shape index (κ3) is 3.33. The van der Waals surface area contributed by atoms with Crippen LogP contribution in [0.25, 0.3) is 0 Å². The number of rotatable bonds is 5. The van der Waals surface area contributed by atoms with Crippen molar-refractivity contribution in [2.24, 2.45) is 0 Å². The van der Waals surface area contributed by atoms with Crippen LogP contribution in [0.15, 0.2) is 29.2 Å². The van der Waals surface area contributed by atoms with Crippen molar-refractivity contribution in [3.63, 3.8) is 0 Å². The molecule has 1 saturated carbocycles. The Hall–Kier alpha value is -1.07. The van der Waals surface area contributed by atoms with Gasteiger partial charge < -0.3 is 10.1 Å². The van der Waals surface area contributed by atoms with E-state index < -0.39 is 5.54 Å². The number of hydrogen-bond acceptors (Lipinski definition) is 4. The van der Waals surface area contributed by atoms with Crippen LogP contribution in [0, 0.1) is 5.82 Å². The fourth-order valence-electron chi connectivity index (χ4n) is 2.62.